The molecule has 112 heavy (non-hydrogen) atoms. The van der Waals surface area contributed by atoms with Crippen molar-refractivity contribution in [1.82, 2.24) is 45.3 Å². The Hall–Kier alpha value is -4.60. The van der Waals surface area contributed by atoms with Crippen LogP contribution in [0.4, 0.5) is 9.59 Å². The molecule has 0 saturated carbocycles. The van der Waals surface area contributed by atoms with Crippen molar-refractivity contribution in [3.8, 4) is 0 Å². The van der Waals surface area contributed by atoms with E-state index in [9.17, 15) is 19.2 Å². The molecule has 0 bridgehead atoms. The van der Waals surface area contributed by atoms with Crippen LogP contribution in [0.15, 0.2) is 67.3 Å². The molecule has 0 aromatic heterocycles. The van der Waals surface area contributed by atoms with E-state index in [4.69, 9.17) is 9.47 Å². The summed E-state index contributed by atoms with van der Waals surface area (Å²) in [5, 5.41) is 9.93. The number of urea groups is 1. The summed E-state index contributed by atoms with van der Waals surface area (Å²) in [5.74, 6) is 1.22. The molecule has 0 aromatic carbocycles. The van der Waals surface area contributed by atoms with E-state index in [0.717, 1.165) is 96.0 Å². The maximum atomic E-state index is 12.1. The lowest BCUT2D eigenvalue weighted by Gasteiger charge is -2.34. The Balaban J connectivity index is 0.000000672. The third-order valence-corrected chi connectivity index (χ3v) is 21.8. The topological polar surface area (TPSA) is 142 Å². The third kappa shape index (κ3) is 35.3. The molecule has 15 heteroatoms. The highest BCUT2D eigenvalue weighted by Crippen LogP contribution is 2.45. The van der Waals surface area contributed by atoms with E-state index >= 15 is 0 Å². The Kier molecular flexibility index (Phi) is 40.7. The molecule has 0 aliphatic carbocycles. The monoisotopic (exact) mass is 1570 g/mol. The van der Waals surface area contributed by atoms with Crippen molar-refractivity contribution < 1.29 is 28.7 Å². The number of carbonyl (C=O) groups is 4. The summed E-state index contributed by atoms with van der Waals surface area (Å²) in [7, 11) is 0. The fourth-order valence-electron chi connectivity index (χ4n) is 15.7. The van der Waals surface area contributed by atoms with Gasteiger partial charge in [0.05, 0.1) is 6.54 Å². The molecule has 5 amide bonds. The highest BCUT2D eigenvalue weighted by Gasteiger charge is 2.40. The number of nitrogens with zero attached hydrogens (tertiary/aromatic N) is 6. The first kappa shape index (κ1) is 105. The summed E-state index contributed by atoms with van der Waals surface area (Å²) in [6, 6.07) is 0.0721. The first-order valence-corrected chi connectivity index (χ1v) is 44.1. The normalized spacial score (nSPS) is 19.1. The van der Waals surface area contributed by atoms with E-state index in [-0.39, 0.29) is 84.7 Å². The van der Waals surface area contributed by atoms with Crippen molar-refractivity contribution in [2.75, 3.05) is 124 Å². The smallest absolute Gasteiger partial charge is 0.410 e. The van der Waals surface area contributed by atoms with Gasteiger partial charge in [-0.2, -0.15) is 0 Å². The summed E-state index contributed by atoms with van der Waals surface area (Å²) in [4.78, 5) is 61.6. The molecule has 15 nitrogen and oxygen atoms in total. The minimum atomic E-state index is -0.178. The van der Waals surface area contributed by atoms with Crippen molar-refractivity contribution >= 4 is 23.9 Å². The van der Waals surface area contributed by atoms with Crippen molar-refractivity contribution in [3.63, 3.8) is 0 Å². The van der Waals surface area contributed by atoms with Gasteiger partial charge in [0, 0.05) is 106 Å². The average Bonchev–Trinajstić information content (AvgIpc) is 1.42. The van der Waals surface area contributed by atoms with Crippen LogP contribution in [0.5, 0.6) is 0 Å². The Labute approximate surface area is 693 Å². The van der Waals surface area contributed by atoms with Crippen LogP contribution in [0, 0.1) is 65.0 Å². The van der Waals surface area contributed by atoms with E-state index in [1.807, 2.05) is 14.7 Å². The molecular weight excluding hydrogens is 1390 g/mol. The number of allylic oxidation sites excluding steroid dienone is 4. The molecule has 3 N–H and O–H groups in total. The second-order valence-corrected chi connectivity index (χ2v) is 45.4. The predicted octanol–water partition coefficient (Wildman–Crippen LogP) is 23.4. The highest BCUT2D eigenvalue weighted by molar-refractivity contribution is 5.81. The van der Waals surface area contributed by atoms with Crippen LogP contribution in [0.2, 0.25) is 0 Å². The van der Waals surface area contributed by atoms with Crippen LogP contribution in [0.25, 0.3) is 0 Å². The molecule has 6 aliphatic rings. The zero-order valence-electron chi connectivity index (χ0n) is 81.7. The molecule has 652 valence electrons. The molecule has 6 aliphatic heterocycles. The second-order valence-electron chi connectivity index (χ2n) is 45.4. The second kappa shape index (κ2) is 43.2. The summed E-state index contributed by atoms with van der Waals surface area (Å²) in [6.45, 7) is 111. The Morgan fingerprint density at radius 2 is 0.661 bits per heavy atom. The molecular formula is C97H183N9O6. The number of nitrogens with one attached hydrogen (secondary N) is 3. The Bertz CT molecular complexity index is 2940. The van der Waals surface area contributed by atoms with Gasteiger partial charge in [-0.15, -0.1) is 0 Å². The molecule has 6 heterocycles. The van der Waals surface area contributed by atoms with Gasteiger partial charge in [-0.3, -0.25) is 24.3 Å². The van der Waals surface area contributed by atoms with E-state index in [2.05, 4.69) is 321 Å². The lowest BCUT2D eigenvalue weighted by atomic mass is 9.74. The largest absolute Gasteiger partial charge is 0.488 e. The first-order valence-electron chi connectivity index (χ1n) is 44.1. The fraction of sp³-hybridized carbons (Fsp3) is 0.835. The lowest BCUT2D eigenvalue weighted by Crippen LogP contribution is -2.40. The van der Waals surface area contributed by atoms with E-state index < -0.39 is 0 Å². The van der Waals surface area contributed by atoms with Gasteiger partial charge in [0.1, 0.15) is 12.4 Å². The molecule has 6 rings (SSSR count). The predicted molar refractivity (Wildman–Crippen MR) is 482 cm³/mol. The number of carbonyl (C=O) groups excluding carboxylic acids is 4. The number of ether oxygens (including phenoxy) is 2. The van der Waals surface area contributed by atoms with Gasteiger partial charge in [-0.25, -0.2) is 9.59 Å². The van der Waals surface area contributed by atoms with Crippen molar-refractivity contribution in [1.29, 1.82) is 0 Å². The van der Waals surface area contributed by atoms with Gasteiger partial charge in [0.15, 0.2) is 6.61 Å². The van der Waals surface area contributed by atoms with Crippen molar-refractivity contribution in [3.05, 3.63) is 67.3 Å². The SMILES string of the molecule is CCCN1CC(=O)NC(C(C)(C)C)=C(C(C)(C)C)C1.CCCN1CC(C(C)(C)C)=C(C(C)(C)C)CNC1=O.CCCN1CC(C(C)(C)C)=C(C(C)(C)C)COC1=O.CCCN1CC(C(C)(C)C)=C(C(C)(C)C)OCC1=O.CCCN1CCCC(C(C)(C)C)=C(C(C)(C)C)C1.CCCN1CCNC(C(C)(C)C)=C(C(C)(C)C)C1. The van der Waals surface area contributed by atoms with Crippen LogP contribution in [0.3, 0.4) is 0 Å². The zero-order chi connectivity index (χ0) is 87.3. The zero-order valence-corrected chi connectivity index (χ0v) is 81.7. The molecule has 0 spiro atoms. The van der Waals surface area contributed by atoms with Crippen molar-refractivity contribution in [2.24, 2.45) is 65.0 Å². The minimum Gasteiger partial charge on any atom is -0.488 e. The van der Waals surface area contributed by atoms with Gasteiger partial charge in [-0.05, 0) is 165 Å². The number of hydrogen-bond acceptors (Lipinski definition) is 10. The summed E-state index contributed by atoms with van der Waals surface area (Å²) >= 11 is 0. The Morgan fingerprint density at radius 1 is 0.304 bits per heavy atom. The van der Waals surface area contributed by atoms with Crippen LogP contribution in [0.1, 0.15) is 342 Å². The van der Waals surface area contributed by atoms with Crippen LogP contribution < -0.4 is 16.0 Å². The van der Waals surface area contributed by atoms with Crippen LogP contribution in [-0.4, -0.2) is 178 Å². The Morgan fingerprint density at radius 3 is 1.08 bits per heavy atom. The molecule has 0 aromatic rings. The standard InChI is InChI=1S/C17H33N.2C16H30N2O.C16H32N2.2C16H29NO2/c1-8-11-18-12-9-10-14(16(2,3)4)15(13-18)17(5,6)7;1-8-9-18-10-12(15(2,3)4)14(16(5,6)7)17-13(19)11-18;1-8-9-18-11-13(16(5,6)7)12(15(2,3)4)10-17-14(18)19;1-8-10-18-11-9-17-14(16(5,6)7)13(12-18)15(2,3)4;1-8-9-17-10-12(15(2,3)4)14(16(5,6)7)19-11-13(17)18;1-8-9-17-10-12(15(2,3)4)13(16(5,6)7)11-19-14(17)18/h8-13H2,1-7H3;2*8-11H2,1-7H3,(H,17,19);17H,8-12H2,1-7H3;2*8-11H2,1-7H3. The molecule has 0 saturated heterocycles. The highest BCUT2D eigenvalue weighted by atomic mass is 16.6. The number of amides is 5. The van der Waals surface area contributed by atoms with E-state index in [1.54, 1.807) is 16.7 Å². The number of cyclic esters (lactones) is 1. The molecule has 0 fully saturated rings. The van der Waals surface area contributed by atoms with Crippen LogP contribution >= 0.6 is 0 Å². The van der Waals surface area contributed by atoms with Gasteiger partial charge < -0.3 is 40.1 Å². The lowest BCUT2D eigenvalue weighted by molar-refractivity contribution is -0.134. The average molecular weight is 1570 g/mol. The third-order valence-electron chi connectivity index (χ3n) is 21.8. The molecule has 0 radical (unpaired) electrons. The number of hydrogen-bond donors (Lipinski definition) is 3. The quantitative estimate of drug-likeness (QED) is 0.162. The summed E-state index contributed by atoms with van der Waals surface area (Å²) in [6.07, 6.45) is 8.95. The first-order chi connectivity index (χ1) is 50.6. The van der Waals surface area contributed by atoms with Crippen molar-refractivity contribution in [2.45, 2.75) is 342 Å². The van der Waals surface area contributed by atoms with E-state index in [0.29, 0.717) is 43.6 Å². The van der Waals surface area contributed by atoms with Gasteiger partial charge in [-0.1, -0.05) is 302 Å². The van der Waals surface area contributed by atoms with Gasteiger partial charge in [0.25, 0.3) is 5.91 Å². The molecule has 0 atom stereocenters. The molecule has 0 unspecified atom stereocenters. The fourth-order valence-corrected chi connectivity index (χ4v) is 15.7. The maximum Gasteiger partial charge on any atom is 0.410 e. The van der Waals surface area contributed by atoms with Gasteiger partial charge in [0.2, 0.25) is 5.91 Å². The summed E-state index contributed by atoms with van der Waals surface area (Å²) < 4.78 is 11.3. The maximum absolute atomic E-state index is 12.1. The minimum absolute atomic E-state index is 0.0131. The van der Waals surface area contributed by atoms with E-state index in [1.165, 1.54) is 91.0 Å². The number of rotatable bonds is 12. The summed E-state index contributed by atoms with van der Waals surface area (Å²) in [5.41, 5.74) is 17.0. The van der Waals surface area contributed by atoms with Crippen LogP contribution in [-0.2, 0) is 19.1 Å². The van der Waals surface area contributed by atoms with Gasteiger partial charge >= 0.3 is 12.1 Å².